The summed E-state index contributed by atoms with van der Waals surface area (Å²) < 4.78 is 5.56. The number of anilines is 1. The number of likely N-dealkylation sites (tertiary alicyclic amines) is 1. The molecule has 2 heterocycles. The number of hydrogen-bond acceptors (Lipinski definition) is 3. The number of carbonyl (C=O) groups is 1. The molecule has 2 aliphatic rings. The Labute approximate surface area is 149 Å². The zero-order valence-corrected chi connectivity index (χ0v) is 15.8. The van der Waals surface area contributed by atoms with Crippen LogP contribution in [0.2, 0.25) is 5.02 Å². The third kappa shape index (κ3) is 3.64. The van der Waals surface area contributed by atoms with Crippen molar-refractivity contribution in [3.63, 3.8) is 0 Å². The van der Waals surface area contributed by atoms with Gasteiger partial charge in [-0.2, -0.15) is 0 Å². The van der Waals surface area contributed by atoms with Crippen molar-refractivity contribution in [1.82, 2.24) is 4.90 Å². The molecule has 1 fully saturated rings. The molecule has 3 rings (SSSR count). The molecular weight excluding hydrogens is 324 g/mol. The van der Waals surface area contributed by atoms with Crippen molar-refractivity contribution in [3.05, 3.63) is 28.8 Å². The van der Waals surface area contributed by atoms with E-state index in [1.165, 1.54) is 11.3 Å². The molecule has 0 aromatic heterocycles. The minimum atomic E-state index is -0.455. The quantitative estimate of drug-likeness (QED) is 0.748. The van der Waals surface area contributed by atoms with Gasteiger partial charge in [0.05, 0.1) is 0 Å². The van der Waals surface area contributed by atoms with Crippen molar-refractivity contribution in [1.29, 1.82) is 0 Å². The number of amides is 1. The number of fused-ring (bicyclic) bond motifs is 1. The Bertz CT molecular complexity index is 626. The average Bonchev–Trinajstić information content (AvgIpc) is 2.86. The number of nitrogens with zero attached hydrogens (tertiary/aromatic N) is 2. The first-order valence-electron chi connectivity index (χ1n) is 8.79. The molecule has 1 saturated heterocycles. The monoisotopic (exact) mass is 350 g/mol. The molecule has 1 aromatic carbocycles. The van der Waals surface area contributed by atoms with Gasteiger partial charge in [-0.15, -0.1) is 0 Å². The molecule has 2 aliphatic heterocycles. The van der Waals surface area contributed by atoms with Crippen LogP contribution >= 0.6 is 11.6 Å². The number of rotatable bonds is 1. The number of hydrogen-bond donors (Lipinski definition) is 0. The second-order valence-corrected chi connectivity index (χ2v) is 8.38. The van der Waals surface area contributed by atoms with Crippen molar-refractivity contribution in [2.75, 3.05) is 18.0 Å². The minimum Gasteiger partial charge on any atom is -0.444 e. The third-order valence-electron chi connectivity index (χ3n) is 4.82. The van der Waals surface area contributed by atoms with E-state index in [2.05, 4.69) is 24.0 Å². The summed E-state index contributed by atoms with van der Waals surface area (Å²) in [6.07, 6.45) is 2.97. The van der Waals surface area contributed by atoms with Crippen LogP contribution in [0.5, 0.6) is 0 Å². The SMILES string of the molecule is CC1CC(N2CCCc3cc(Cl)ccc32)CN1C(=O)OC(C)(C)C. The summed E-state index contributed by atoms with van der Waals surface area (Å²) in [7, 11) is 0. The first-order chi connectivity index (χ1) is 11.2. The van der Waals surface area contributed by atoms with Gasteiger partial charge >= 0.3 is 6.09 Å². The van der Waals surface area contributed by atoms with E-state index in [9.17, 15) is 4.79 Å². The Morgan fingerprint density at radius 1 is 1.33 bits per heavy atom. The summed E-state index contributed by atoms with van der Waals surface area (Å²) >= 11 is 6.15. The summed E-state index contributed by atoms with van der Waals surface area (Å²) in [6, 6.07) is 6.70. The fourth-order valence-corrected chi connectivity index (χ4v) is 3.97. The van der Waals surface area contributed by atoms with E-state index in [-0.39, 0.29) is 12.1 Å². The van der Waals surface area contributed by atoms with E-state index in [1.807, 2.05) is 31.7 Å². The molecule has 1 aromatic rings. The molecule has 24 heavy (non-hydrogen) atoms. The fourth-order valence-electron chi connectivity index (χ4n) is 3.78. The molecule has 5 heteroatoms. The van der Waals surface area contributed by atoms with Gasteiger partial charge < -0.3 is 14.5 Å². The molecule has 0 radical (unpaired) electrons. The van der Waals surface area contributed by atoms with Crippen molar-refractivity contribution in [3.8, 4) is 0 Å². The Morgan fingerprint density at radius 3 is 2.79 bits per heavy atom. The van der Waals surface area contributed by atoms with Crippen LogP contribution in [-0.4, -0.2) is 41.8 Å². The molecule has 0 bridgehead atoms. The van der Waals surface area contributed by atoms with Gasteiger partial charge in [0.25, 0.3) is 0 Å². The molecule has 0 aliphatic carbocycles. The summed E-state index contributed by atoms with van der Waals surface area (Å²) in [4.78, 5) is 16.8. The highest BCUT2D eigenvalue weighted by atomic mass is 35.5. The number of carbonyl (C=O) groups excluding carboxylic acids is 1. The highest BCUT2D eigenvalue weighted by molar-refractivity contribution is 6.30. The van der Waals surface area contributed by atoms with E-state index in [4.69, 9.17) is 16.3 Å². The zero-order chi connectivity index (χ0) is 17.5. The van der Waals surface area contributed by atoms with Crippen LogP contribution in [0.25, 0.3) is 0 Å². The first-order valence-corrected chi connectivity index (χ1v) is 9.17. The lowest BCUT2D eigenvalue weighted by molar-refractivity contribution is 0.0237. The van der Waals surface area contributed by atoms with Gasteiger partial charge in [-0.05, 0) is 70.7 Å². The van der Waals surface area contributed by atoms with Crippen LogP contribution < -0.4 is 4.90 Å². The molecule has 0 saturated carbocycles. The standard InChI is InChI=1S/C19H27ClN2O2/c1-13-10-16(12-22(13)18(23)24-19(2,3)4)21-9-5-6-14-11-15(20)7-8-17(14)21/h7-8,11,13,16H,5-6,9-10,12H2,1-4H3. The minimum absolute atomic E-state index is 0.197. The summed E-state index contributed by atoms with van der Waals surface area (Å²) in [6.45, 7) is 9.60. The smallest absolute Gasteiger partial charge is 0.410 e. The van der Waals surface area contributed by atoms with E-state index in [0.29, 0.717) is 6.04 Å². The van der Waals surface area contributed by atoms with Gasteiger partial charge in [0.15, 0.2) is 0 Å². The zero-order valence-electron chi connectivity index (χ0n) is 15.0. The average molecular weight is 351 g/mol. The van der Waals surface area contributed by atoms with Crippen molar-refractivity contribution < 1.29 is 9.53 Å². The first kappa shape index (κ1) is 17.4. The second kappa shape index (κ2) is 6.47. The van der Waals surface area contributed by atoms with Crippen molar-refractivity contribution >= 4 is 23.4 Å². The fraction of sp³-hybridized carbons (Fsp3) is 0.632. The van der Waals surface area contributed by atoms with E-state index < -0.39 is 5.60 Å². The van der Waals surface area contributed by atoms with Gasteiger partial charge in [0.1, 0.15) is 5.60 Å². The van der Waals surface area contributed by atoms with Crippen molar-refractivity contribution in [2.24, 2.45) is 0 Å². The van der Waals surface area contributed by atoms with Gasteiger partial charge in [-0.3, -0.25) is 0 Å². The molecule has 0 N–H and O–H groups in total. The van der Waals surface area contributed by atoms with Gasteiger partial charge in [0.2, 0.25) is 0 Å². The number of ether oxygens (including phenoxy) is 1. The number of benzene rings is 1. The predicted molar refractivity (Wildman–Crippen MR) is 97.9 cm³/mol. The molecule has 4 nitrogen and oxygen atoms in total. The number of aryl methyl sites for hydroxylation is 1. The Balaban J connectivity index is 1.75. The lowest BCUT2D eigenvalue weighted by atomic mass is 9.99. The summed E-state index contributed by atoms with van der Waals surface area (Å²) in [5.74, 6) is 0. The van der Waals surface area contributed by atoms with Gasteiger partial charge in [-0.1, -0.05) is 11.6 Å². The molecular formula is C19H27ClN2O2. The van der Waals surface area contributed by atoms with E-state index in [1.54, 1.807) is 0 Å². The maximum atomic E-state index is 12.5. The molecule has 2 unspecified atom stereocenters. The highest BCUT2D eigenvalue weighted by Gasteiger charge is 2.38. The topological polar surface area (TPSA) is 32.8 Å². The van der Waals surface area contributed by atoms with Crippen LogP contribution in [0.15, 0.2) is 18.2 Å². The highest BCUT2D eigenvalue weighted by Crippen LogP contribution is 2.34. The summed E-state index contributed by atoms with van der Waals surface area (Å²) in [5, 5.41) is 0.797. The maximum Gasteiger partial charge on any atom is 0.410 e. The van der Waals surface area contributed by atoms with Crippen LogP contribution in [0.1, 0.15) is 46.1 Å². The third-order valence-corrected chi connectivity index (χ3v) is 5.05. The van der Waals surface area contributed by atoms with Crippen LogP contribution in [-0.2, 0) is 11.2 Å². The molecule has 1 amide bonds. The Morgan fingerprint density at radius 2 is 2.08 bits per heavy atom. The second-order valence-electron chi connectivity index (χ2n) is 7.94. The van der Waals surface area contributed by atoms with Gasteiger partial charge in [-0.25, -0.2) is 4.79 Å². The summed E-state index contributed by atoms with van der Waals surface area (Å²) in [5.41, 5.74) is 2.13. The molecule has 0 spiro atoms. The predicted octanol–water partition coefficient (Wildman–Crippen LogP) is 4.49. The van der Waals surface area contributed by atoms with Gasteiger partial charge in [0, 0.05) is 35.9 Å². The lowest BCUT2D eigenvalue weighted by Gasteiger charge is -2.36. The molecule has 2 atom stereocenters. The van der Waals surface area contributed by atoms with Crippen LogP contribution in [0.4, 0.5) is 10.5 Å². The largest absolute Gasteiger partial charge is 0.444 e. The Kier molecular flexibility index (Phi) is 4.69. The maximum absolute atomic E-state index is 12.5. The lowest BCUT2D eigenvalue weighted by Crippen LogP contribution is -2.43. The Hall–Kier alpha value is -1.42. The molecule has 132 valence electrons. The normalized spacial score (nSPS) is 24.0. The van der Waals surface area contributed by atoms with Crippen LogP contribution in [0.3, 0.4) is 0 Å². The van der Waals surface area contributed by atoms with E-state index in [0.717, 1.165) is 37.4 Å². The van der Waals surface area contributed by atoms with E-state index >= 15 is 0 Å². The van der Waals surface area contributed by atoms with Crippen LogP contribution in [0, 0.1) is 0 Å². The number of halogens is 1. The van der Waals surface area contributed by atoms with Crippen molar-refractivity contribution in [2.45, 2.75) is 64.6 Å².